The fraction of sp³-hybridized carbons (Fsp3) is 0.250. The molecule has 0 fully saturated rings. The van der Waals surface area contributed by atoms with Gasteiger partial charge in [0, 0.05) is 4.88 Å². The van der Waals surface area contributed by atoms with Gasteiger partial charge in [-0.05, 0) is 55.4 Å². The van der Waals surface area contributed by atoms with Crippen LogP contribution in [-0.4, -0.2) is 28.5 Å². The highest BCUT2D eigenvalue weighted by molar-refractivity contribution is 7.17. The quantitative estimate of drug-likeness (QED) is 0.305. The second kappa shape index (κ2) is 10.7. The zero-order chi connectivity index (χ0) is 25.9. The van der Waals surface area contributed by atoms with Gasteiger partial charge in [-0.15, -0.1) is 11.3 Å². The Kier molecular flexibility index (Phi) is 7.17. The number of nitriles is 1. The number of anilines is 1. The fourth-order valence-electron chi connectivity index (χ4n) is 4.71. The topological polar surface area (TPSA) is 105 Å². The smallest absolute Gasteiger partial charge is 0.341 e. The van der Waals surface area contributed by atoms with Gasteiger partial charge in [-0.1, -0.05) is 54.1 Å². The Balaban J connectivity index is 1.47. The van der Waals surface area contributed by atoms with Crippen LogP contribution in [0.5, 0.6) is 0 Å². The number of aromatic nitrogens is 2. The van der Waals surface area contributed by atoms with Gasteiger partial charge in [-0.25, -0.2) is 14.8 Å². The molecule has 0 aliphatic heterocycles. The Bertz CT molecular complexity index is 1530. The number of halogens is 1. The Morgan fingerprint density at radius 2 is 1.86 bits per heavy atom. The summed E-state index contributed by atoms with van der Waals surface area (Å²) < 4.78 is 5.33. The molecule has 9 heteroatoms. The first kappa shape index (κ1) is 24.9. The Labute approximate surface area is 223 Å². The molecule has 0 spiro atoms. The maximum absolute atomic E-state index is 13.4. The summed E-state index contributed by atoms with van der Waals surface area (Å²) in [7, 11) is 0. The maximum atomic E-state index is 13.4. The van der Waals surface area contributed by atoms with Gasteiger partial charge in [-0.3, -0.25) is 4.79 Å². The predicted molar refractivity (Wildman–Crippen MR) is 143 cm³/mol. The summed E-state index contributed by atoms with van der Waals surface area (Å²) in [6.45, 7) is 1.96. The van der Waals surface area contributed by atoms with Gasteiger partial charge in [0.1, 0.15) is 10.7 Å². The molecule has 1 aliphatic carbocycles. The molecule has 0 unspecified atom stereocenters. The lowest BCUT2D eigenvalue weighted by Crippen LogP contribution is -2.22. The summed E-state index contributed by atoms with van der Waals surface area (Å²) in [5.74, 6) is -2.09. The SMILES string of the molecule is CCOC(=O)c1c(NC(=O)[C@@H](C#N)c2nc3ccccc3nc2Cl)sc2c1CC[C@H](c1ccccc1)C2. The van der Waals surface area contributed by atoms with Gasteiger partial charge in [0.25, 0.3) is 0 Å². The molecule has 1 amide bonds. The molecule has 2 aromatic heterocycles. The molecule has 2 heterocycles. The average molecular weight is 531 g/mol. The van der Waals surface area contributed by atoms with E-state index in [1.807, 2.05) is 24.3 Å². The van der Waals surface area contributed by atoms with E-state index in [9.17, 15) is 14.9 Å². The second-order valence-electron chi connectivity index (χ2n) is 8.72. The third-order valence-electron chi connectivity index (χ3n) is 6.47. The number of nitrogens with zero attached hydrogens (tertiary/aromatic N) is 3. The molecule has 37 heavy (non-hydrogen) atoms. The zero-order valence-corrected chi connectivity index (χ0v) is 21.6. The highest BCUT2D eigenvalue weighted by atomic mass is 35.5. The van der Waals surface area contributed by atoms with Gasteiger partial charge in [0.15, 0.2) is 11.1 Å². The van der Waals surface area contributed by atoms with E-state index in [1.54, 1.807) is 31.2 Å². The monoisotopic (exact) mass is 530 g/mol. The summed E-state index contributed by atoms with van der Waals surface area (Å²) in [6, 6.07) is 19.4. The van der Waals surface area contributed by atoms with Crippen LogP contribution in [0.3, 0.4) is 0 Å². The maximum Gasteiger partial charge on any atom is 0.341 e. The third-order valence-corrected chi connectivity index (χ3v) is 7.92. The number of rotatable bonds is 6. The Hall–Kier alpha value is -3.80. The minimum atomic E-state index is -1.31. The van der Waals surface area contributed by atoms with Crippen molar-refractivity contribution in [2.75, 3.05) is 11.9 Å². The third kappa shape index (κ3) is 4.93. The zero-order valence-electron chi connectivity index (χ0n) is 20.0. The lowest BCUT2D eigenvalue weighted by atomic mass is 9.83. The van der Waals surface area contributed by atoms with Crippen LogP contribution in [0.4, 0.5) is 5.00 Å². The van der Waals surface area contributed by atoms with Crippen LogP contribution in [0.2, 0.25) is 5.15 Å². The minimum Gasteiger partial charge on any atom is -0.462 e. The second-order valence-corrected chi connectivity index (χ2v) is 10.2. The van der Waals surface area contributed by atoms with Gasteiger partial charge < -0.3 is 10.1 Å². The molecule has 0 radical (unpaired) electrons. The van der Waals surface area contributed by atoms with Crippen molar-refractivity contribution in [3.05, 3.63) is 87.0 Å². The van der Waals surface area contributed by atoms with E-state index in [1.165, 1.54) is 16.9 Å². The molecule has 186 valence electrons. The number of para-hydroxylation sites is 2. The Morgan fingerprint density at radius 1 is 1.16 bits per heavy atom. The summed E-state index contributed by atoms with van der Waals surface area (Å²) in [5.41, 5.74) is 3.69. The van der Waals surface area contributed by atoms with E-state index in [4.69, 9.17) is 16.3 Å². The number of thiophene rings is 1. The van der Waals surface area contributed by atoms with Crippen molar-refractivity contribution >= 4 is 50.8 Å². The van der Waals surface area contributed by atoms with Crippen molar-refractivity contribution in [1.29, 1.82) is 5.26 Å². The van der Waals surface area contributed by atoms with Crippen molar-refractivity contribution in [1.82, 2.24) is 9.97 Å². The molecule has 7 nitrogen and oxygen atoms in total. The van der Waals surface area contributed by atoms with Crippen molar-refractivity contribution in [3.8, 4) is 6.07 Å². The van der Waals surface area contributed by atoms with Crippen LogP contribution in [0.1, 0.15) is 57.2 Å². The number of carbonyl (C=O) groups excluding carboxylic acids is 2. The van der Waals surface area contributed by atoms with Gasteiger partial charge in [0.05, 0.1) is 29.3 Å². The standard InChI is InChI=1S/C28H23ClN4O3S/c1-2-36-28(35)23-18-13-12-17(16-8-4-3-5-9-16)14-22(18)37-27(23)33-26(34)19(15-30)24-25(29)32-21-11-7-6-10-20(21)31-24/h3-11,17,19H,2,12-14H2,1H3,(H,33,34)/t17-,19-/m0/s1. The first-order valence-electron chi connectivity index (χ1n) is 12.0. The van der Waals surface area contributed by atoms with Crippen LogP contribution >= 0.6 is 22.9 Å². The van der Waals surface area contributed by atoms with Crippen LogP contribution in [0.25, 0.3) is 11.0 Å². The van der Waals surface area contributed by atoms with Gasteiger partial charge >= 0.3 is 5.97 Å². The molecular formula is C28H23ClN4O3S. The number of benzene rings is 2. The molecular weight excluding hydrogens is 508 g/mol. The predicted octanol–water partition coefficient (Wildman–Crippen LogP) is 6.04. The minimum absolute atomic E-state index is 0.0119. The highest BCUT2D eigenvalue weighted by Crippen LogP contribution is 2.43. The molecule has 2 aromatic carbocycles. The van der Waals surface area contributed by atoms with E-state index < -0.39 is 17.8 Å². The number of fused-ring (bicyclic) bond motifs is 2. The van der Waals surface area contributed by atoms with Crippen molar-refractivity contribution in [3.63, 3.8) is 0 Å². The number of esters is 1. The number of ether oxygens (including phenoxy) is 1. The van der Waals surface area contributed by atoms with Crippen LogP contribution in [-0.2, 0) is 22.4 Å². The first-order valence-corrected chi connectivity index (χ1v) is 13.2. The summed E-state index contributed by atoms with van der Waals surface area (Å²) in [4.78, 5) is 36.1. The molecule has 0 bridgehead atoms. The number of nitrogens with one attached hydrogen (secondary N) is 1. The normalized spacial score (nSPS) is 15.4. The van der Waals surface area contributed by atoms with Crippen molar-refractivity contribution in [2.24, 2.45) is 0 Å². The number of hydrogen-bond donors (Lipinski definition) is 1. The molecule has 2 atom stereocenters. The van der Waals surface area contributed by atoms with Crippen molar-refractivity contribution in [2.45, 2.75) is 38.0 Å². The largest absolute Gasteiger partial charge is 0.462 e. The van der Waals surface area contributed by atoms with Gasteiger partial charge in [-0.2, -0.15) is 5.26 Å². The van der Waals surface area contributed by atoms with E-state index in [0.717, 1.165) is 23.3 Å². The number of amides is 1. The van der Waals surface area contributed by atoms with Crippen LogP contribution in [0, 0.1) is 11.3 Å². The highest BCUT2D eigenvalue weighted by Gasteiger charge is 2.33. The lowest BCUT2D eigenvalue weighted by molar-refractivity contribution is -0.116. The number of hydrogen-bond acceptors (Lipinski definition) is 7. The van der Waals surface area contributed by atoms with Crippen molar-refractivity contribution < 1.29 is 14.3 Å². The molecule has 1 N–H and O–H groups in total. The van der Waals surface area contributed by atoms with Gasteiger partial charge in [0.2, 0.25) is 5.91 Å². The van der Waals surface area contributed by atoms with Crippen LogP contribution in [0.15, 0.2) is 54.6 Å². The lowest BCUT2D eigenvalue weighted by Gasteiger charge is -2.23. The first-order chi connectivity index (χ1) is 18.0. The van der Waals surface area contributed by atoms with E-state index in [-0.39, 0.29) is 17.5 Å². The van der Waals surface area contributed by atoms with E-state index >= 15 is 0 Å². The number of carbonyl (C=O) groups is 2. The molecule has 0 saturated carbocycles. The summed E-state index contributed by atoms with van der Waals surface area (Å²) in [6.07, 6.45) is 2.34. The van der Waals surface area contributed by atoms with E-state index in [2.05, 4.69) is 27.4 Å². The van der Waals surface area contributed by atoms with E-state index in [0.29, 0.717) is 33.9 Å². The average Bonchev–Trinajstić information content (AvgIpc) is 3.27. The summed E-state index contributed by atoms with van der Waals surface area (Å²) >= 11 is 7.69. The molecule has 1 aliphatic rings. The fourth-order valence-corrected chi connectivity index (χ4v) is 6.27. The van der Waals surface area contributed by atoms with Crippen LogP contribution < -0.4 is 5.32 Å². The molecule has 4 aromatic rings. The molecule has 5 rings (SSSR count). The Morgan fingerprint density at radius 3 is 2.57 bits per heavy atom. The summed E-state index contributed by atoms with van der Waals surface area (Å²) in [5, 5.41) is 13.1. The molecule has 0 saturated heterocycles.